The van der Waals surface area contributed by atoms with Crippen LogP contribution >= 0.6 is 0 Å². The monoisotopic (exact) mass is 306 g/mol. The molecule has 2 aliphatic heterocycles. The molecule has 2 heterocycles. The molecule has 0 amide bonds. The molecule has 22 heavy (non-hydrogen) atoms. The lowest BCUT2D eigenvalue weighted by Crippen LogP contribution is -2.46. The van der Waals surface area contributed by atoms with E-state index >= 15 is 0 Å². The van der Waals surface area contributed by atoms with E-state index in [2.05, 4.69) is 35.8 Å². The molecular formula is C18H30N2O2. The Bertz CT molecular complexity index is 406. The van der Waals surface area contributed by atoms with Crippen molar-refractivity contribution in [3.8, 4) is 0 Å². The first-order chi connectivity index (χ1) is 10.4. The van der Waals surface area contributed by atoms with Crippen molar-refractivity contribution < 1.29 is 9.59 Å². The minimum Gasteiger partial charge on any atom is -0.299 e. The lowest BCUT2D eigenvalue weighted by atomic mass is 9.93. The van der Waals surface area contributed by atoms with Crippen molar-refractivity contribution in [2.24, 2.45) is 11.8 Å². The summed E-state index contributed by atoms with van der Waals surface area (Å²) in [7, 11) is 0. The number of nitrogens with zero attached hydrogens (tertiary/aromatic N) is 2. The number of carbonyl (C=O) groups is 2. The molecule has 2 saturated heterocycles. The topological polar surface area (TPSA) is 40.6 Å². The van der Waals surface area contributed by atoms with Crippen molar-refractivity contribution in [2.75, 3.05) is 26.2 Å². The molecule has 2 rings (SSSR count). The minimum absolute atomic E-state index is 0.165. The van der Waals surface area contributed by atoms with Crippen LogP contribution < -0.4 is 0 Å². The lowest BCUT2D eigenvalue weighted by molar-refractivity contribution is -0.127. The minimum atomic E-state index is 0.165. The third-order valence-electron chi connectivity index (χ3n) is 5.20. The first kappa shape index (κ1) is 17.4. The van der Waals surface area contributed by atoms with Crippen LogP contribution in [0.2, 0.25) is 0 Å². The summed E-state index contributed by atoms with van der Waals surface area (Å²) in [5.74, 6) is 1.12. The van der Waals surface area contributed by atoms with E-state index in [-0.39, 0.29) is 11.8 Å². The normalized spacial score (nSPS) is 35.5. The van der Waals surface area contributed by atoms with E-state index in [1.807, 2.05) is 13.8 Å². The van der Waals surface area contributed by atoms with Gasteiger partial charge in [-0.1, -0.05) is 26.0 Å². The second kappa shape index (κ2) is 7.51. The SMILES string of the molecule is C[C@@H]1CN(C/C=C/CN2C[C@@H](C)C(=O)C[C@H]2C)[C@H](C)CC1=O. The van der Waals surface area contributed by atoms with Gasteiger partial charge in [-0.15, -0.1) is 0 Å². The van der Waals surface area contributed by atoms with E-state index in [1.54, 1.807) is 0 Å². The van der Waals surface area contributed by atoms with E-state index in [9.17, 15) is 9.59 Å². The average molecular weight is 306 g/mol. The van der Waals surface area contributed by atoms with Crippen molar-refractivity contribution in [2.45, 2.75) is 52.6 Å². The summed E-state index contributed by atoms with van der Waals surface area (Å²) in [6.45, 7) is 11.9. The maximum absolute atomic E-state index is 11.7. The predicted molar refractivity (Wildman–Crippen MR) is 88.8 cm³/mol. The number of hydrogen-bond acceptors (Lipinski definition) is 4. The van der Waals surface area contributed by atoms with E-state index in [1.165, 1.54) is 0 Å². The Hall–Kier alpha value is -1.00. The summed E-state index contributed by atoms with van der Waals surface area (Å²) >= 11 is 0. The van der Waals surface area contributed by atoms with Gasteiger partial charge in [0.05, 0.1) is 0 Å². The van der Waals surface area contributed by atoms with Crippen LogP contribution in [0, 0.1) is 11.8 Å². The Morgan fingerprint density at radius 1 is 0.818 bits per heavy atom. The van der Waals surface area contributed by atoms with Gasteiger partial charge in [0.25, 0.3) is 0 Å². The Morgan fingerprint density at radius 2 is 1.18 bits per heavy atom. The predicted octanol–water partition coefficient (Wildman–Crippen LogP) is 2.14. The molecule has 0 aromatic carbocycles. The summed E-state index contributed by atoms with van der Waals surface area (Å²) < 4.78 is 0. The van der Waals surface area contributed by atoms with E-state index < -0.39 is 0 Å². The van der Waals surface area contributed by atoms with Gasteiger partial charge in [-0.3, -0.25) is 19.4 Å². The molecule has 0 aromatic rings. The highest BCUT2D eigenvalue weighted by Gasteiger charge is 2.29. The second-order valence-corrected chi connectivity index (χ2v) is 7.22. The highest BCUT2D eigenvalue weighted by molar-refractivity contribution is 5.82. The molecule has 0 unspecified atom stereocenters. The smallest absolute Gasteiger partial charge is 0.138 e. The molecule has 0 spiro atoms. The molecule has 0 bridgehead atoms. The van der Waals surface area contributed by atoms with Gasteiger partial charge in [-0.05, 0) is 13.8 Å². The number of ketones is 2. The van der Waals surface area contributed by atoms with Crippen molar-refractivity contribution >= 4 is 11.6 Å². The van der Waals surface area contributed by atoms with Gasteiger partial charge >= 0.3 is 0 Å². The Morgan fingerprint density at radius 3 is 1.55 bits per heavy atom. The Kier molecular flexibility index (Phi) is 5.93. The lowest BCUT2D eigenvalue weighted by Gasteiger charge is -2.36. The van der Waals surface area contributed by atoms with Crippen LogP contribution in [0.1, 0.15) is 40.5 Å². The molecule has 0 radical (unpaired) electrons. The fraction of sp³-hybridized carbons (Fsp3) is 0.778. The first-order valence-corrected chi connectivity index (χ1v) is 8.57. The fourth-order valence-electron chi connectivity index (χ4n) is 3.44. The molecule has 0 N–H and O–H groups in total. The quantitative estimate of drug-likeness (QED) is 0.746. The summed E-state index contributed by atoms with van der Waals surface area (Å²) in [6, 6.07) is 0.694. The van der Waals surface area contributed by atoms with E-state index in [0.29, 0.717) is 36.5 Å². The van der Waals surface area contributed by atoms with Crippen LogP contribution in [-0.2, 0) is 9.59 Å². The number of likely N-dealkylation sites (tertiary alicyclic amines) is 2. The van der Waals surface area contributed by atoms with Crippen molar-refractivity contribution in [3.63, 3.8) is 0 Å². The van der Waals surface area contributed by atoms with Crippen LogP contribution in [0.25, 0.3) is 0 Å². The number of hydrogen-bond donors (Lipinski definition) is 0. The third-order valence-corrected chi connectivity index (χ3v) is 5.20. The number of carbonyl (C=O) groups excluding carboxylic acids is 2. The van der Waals surface area contributed by atoms with Gasteiger partial charge in [0.1, 0.15) is 11.6 Å². The summed E-state index contributed by atoms with van der Waals surface area (Å²) in [5, 5.41) is 0. The molecule has 0 aliphatic carbocycles. The molecule has 0 aromatic heterocycles. The van der Waals surface area contributed by atoms with Crippen LogP contribution in [0.15, 0.2) is 12.2 Å². The van der Waals surface area contributed by atoms with Gasteiger partial charge < -0.3 is 0 Å². The third kappa shape index (κ3) is 4.26. The maximum Gasteiger partial charge on any atom is 0.138 e. The molecule has 124 valence electrons. The van der Waals surface area contributed by atoms with Crippen molar-refractivity contribution in [1.29, 1.82) is 0 Å². The first-order valence-electron chi connectivity index (χ1n) is 8.57. The summed E-state index contributed by atoms with van der Waals surface area (Å²) in [4.78, 5) is 28.2. The van der Waals surface area contributed by atoms with Gasteiger partial charge in [0.15, 0.2) is 0 Å². The number of rotatable bonds is 4. The summed E-state index contributed by atoms with van der Waals surface area (Å²) in [5.41, 5.74) is 0. The van der Waals surface area contributed by atoms with Gasteiger partial charge in [-0.2, -0.15) is 0 Å². The fourth-order valence-corrected chi connectivity index (χ4v) is 3.44. The van der Waals surface area contributed by atoms with Gasteiger partial charge in [0.2, 0.25) is 0 Å². The Balaban J connectivity index is 1.78. The Labute approximate surface area is 134 Å². The second-order valence-electron chi connectivity index (χ2n) is 7.22. The zero-order valence-corrected chi connectivity index (χ0v) is 14.4. The standard InChI is InChI=1S/C18H30N2O2/c1-13-11-19(15(3)9-17(13)21)7-5-6-8-20-12-14(2)18(22)10-16(20)4/h5-6,13-16H,7-12H2,1-4H3/b6-5+/t13-,14-,15-,16-/m1/s1. The molecule has 2 fully saturated rings. The van der Waals surface area contributed by atoms with Crippen LogP contribution in [0.3, 0.4) is 0 Å². The van der Waals surface area contributed by atoms with Crippen molar-refractivity contribution in [3.05, 3.63) is 12.2 Å². The average Bonchev–Trinajstić information content (AvgIpc) is 2.45. The molecule has 0 saturated carbocycles. The molecule has 2 aliphatic rings. The number of Topliss-reactive ketones (excluding diaryl/α,β-unsaturated/α-hetero) is 2. The highest BCUT2D eigenvalue weighted by atomic mass is 16.1. The van der Waals surface area contributed by atoms with Gasteiger partial charge in [0, 0.05) is 62.9 Å². The van der Waals surface area contributed by atoms with E-state index in [4.69, 9.17) is 0 Å². The highest BCUT2D eigenvalue weighted by Crippen LogP contribution is 2.19. The van der Waals surface area contributed by atoms with Crippen molar-refractivity contribution in [1.82, 2.24) is 9.80 Å². The molecule has 4 atom stereocenters. The zero-order chi connectivity index (χ0) is 16.3. The molecule has 4 nitrogen and oxygen atoms in total. The number of piperidine rings is 2. The van der Waals surface area contributed by atoms with Crippen LogP contribution in [0.5, 0.6) is 0 Å². The van der Waals surface area contributed by atoms with E-state index in [0.717, 1.165) is 26.2 Å². The molecule has 4 heteroatoms. The van der Waals surface area contributed by atoms with Gasteiger partial charge in [-0.25, -0.2) is 0 Å². The zero-order valence-electron chi connectivity index (χ0n) is 14.4. The maximum atomic E-state index is 11.7. The van der Waals surface area contributed by atoms with Crippen LogP contribution in [0.4, 0.5) is 0 Å². The molecular weight excluding hydrogens is 276 g/mol. The largest absolute Gasteiger partial charge is 0.299 e. The van der Waals surface area contributed by atoms with Crippen LogP contribution in [-0.4, -0.2) is 59.6 Å². The summed E-state index contributed by atoms with van der Waals surface area (Å²) in [6.07, 6.45) is 5.79.